The van der Waals surface area contributed by atoms with Crippen LogP contribution in [0.15, 0.2) is 42.6 Å². The van der Waals surface area contributed by atoms with Crippen molar-refractivity contribution >= 4 is 46.9 Å². The van der Waals surface area contributed by atoms with E-state index in [1.54, 1.807) is 45.0 Å². The lowest BCUT2D eigenvalue weighted by Gasteiger charge is -2.20. The second-order valence-electron chi connectivity index (χ2n) is 10.7. The number of aryl methyl sites for hydroxylation is 1. The topological polar surface area (TPSA) is 158 Å². The third-order valence-electron chi connectivity index (χ3n) is 6.25. The number of carbonyl (C=O) groups is 4. The van der Waals surface area contributed by atoms with E-state index in [1.807, 2.05) is 0 Å². The van der Waals surface area contributed by atoms with E-state index in [0.29, 0.717) is 27.4 Å². The Balaban J connectivity index is 1.50. The van der Waals surface area contributed by atoms with E-state index in [2.05, 4.69) is 20.6 Å². The van der Waals surface area contributed by atoms with E-state index in [4.69, 9.17) is 21.1 Å². The number of carbonyl (C=O) groups excluding carboxylic acids is 4. The minimum atomic E-state index is -2.08. The number of H-pyrrole nitrogens is 1. The molecular weight excluding hydrogens is 571 g/mol. The molecule has 3 aromatic rings. The highest BCUT2D eigenvalue weighted by molar-refractivity contribution is 6.31. The van der Waals surface area contributed by atoms with Crippen molar-refractivity contribution in [1.82, 2.24) is 4.98 Å². The molecule has 13 heteroatoms. The van der Waals surface area contributed by atoms with Crippen LogP contribution in [0.3, 0.4) is 0 Å². The van der Waals surface area contributed by atoms with Gasteiger partial charge in [-0.25, -0.2) is 19.6 Å². The number of aromatic nitrogens is 2. The number of nitrogens with one attached hydrogen (secondary N) is 3. The molecule has 11 nitrogen and oxygen atoms in total. The van der Waals surface area contributed by atoms with Gasteiger partial charge in [0.2, 0.25) is 28.9 Å². The van der Waals surface area contributed by atoms with E-state index in [0.717, 1.165) is 6.07 Å². The molecule has 0 fully saturated rings. The molecule has 4 N–H and O–H groups in total. The van der Waals surface area contributed by atoms with Crippen molar-refractivity contribution in [3.8, 4) is 11.1 Å². The monoisotopic (exact) mass is 599 g/mol. The molecule has 0 saturated carbocycles. The van der Waals surface area contributed by atoms with Crippen LogP contribution in [-0.4, -0.2) is 46.1 Å². The molecule has 1 aliphatic rings. The van der Waals surface area contributed by atoms with Crippen molar-refractivity contribution < 1.29 is 43.1 Å². The summed E-state index contributed by atoms with van der Waals surface area (Å²) >= 11 is 6.23. The number of ether oxygens (including phenoxy) is 2. The fourth-order valence-corrected chi connectivity index (χ4v) is 4.60. The zero-order valence-corrected chi connectivity index (χ0v) is 24.0. The smallest absolute Gasteiger partial charge is 0.412 e. The molecule has 0 aliphatic heterocycles. The number of halogens is 2. The molecule has 0 saturated heterocycles. The Kier molecular flexibility index (Phi) is 8.60. The first-order valence-corrected chi connectivity index (χ1v) is 13.3. The minimum absolute atomic E-state index is 0.0325. The van der Waals surface area contributed by atoms with E-state index in [-0.39, 0.29) is 24.4 Å². The number of amides is 2. The number of fused-ring (bicyclic) bond motifs is 1. The Hall–Kier alpha value is -4.42. The standard InChI is InChI=1S/C29H28ClFN4O7/c1-15(36)33-23-8-6-19(25(31)35-23)22(37)14-41-26(38)29(40)10-9-16-11-17(13-32-24(16)29)20-12-18(30)5-7-21(20)34-27(39)42-28(2,3)4/h5-8,11-13,40H,9-10,14H2,1-4H3,(H,34,39)(H,33,35,36)/p+1. The van der Waals surface area contributed by atoms with Crippen molar-refractivity contribution in [3.05, 3.63) is 70.4 Å². The summed E-state index contributed by atoms with van der Waals surface area (Å²) in [5, 5.41) is 16.6. The molecule has 1 atom stereocenters. The predicted octanol–water partition coefficient (Wildman–Crippen LogP) is 4.22. The van der Waals surface area contributed by atoms with E-state index in [1.165, 1.54) is 19.2 Å². The molecule has 2 heterocycles. The SMILES string of the molecule is CC(=O)Nc1ccc(C(=O)COC(=O)C2(O)CCc3cc(-c4cc(Cl)ccc4NC(=O)OC(C)(C)C)c[nH+]c32)c(F)n1. The summed E-state index contributed by atoms with van der Waals surface area (Å²) < 4.78 is 24.7. The fraction of sp³-hybridized carbons (Fsp3) is 0.310. The lowest BCUT2D eigenvalue weighted by atomic mass is 9.99. The van der Waals surface area contributed by atoms with Gasteiger partial charge in [0.25, 0.3) is 0 Å². The van der Waals surface area contributed by atoms with Crippen molar-refractivity contribution in [3.63, 3.8) is 0 Å². The number of anilines is 2. The molecule has 2 aromatic heterocycles. The van der Waals surface area contributed by atoms with Gasteiger partial charge < -0.3 is 19.9 Å². The first-order valence-electron chi connectivity index (χ1n) is 12.9. The molecule has 0 radical (unpaired) electrons. The fourth-order valence-electron chi connectivity index (χ4n) is 4.42. The van der Waals surface area contributed by atoms with Crippen LogP contribution < -0.4 is 15.6 Å². The maximum atomic E-state index is 14.3. The van der Waals surface area contributed by atoms with Crippen molar-refractivity contribution in [2.75, 3.05) is 17.2 Å². The third-order valence-corrected chi connectivity index (χ3v) is 6.48. The molecule has 1 unspecified atom stereocenters. The first-order chi connectivity index (χ1) is 19.7. The first kappa shape index (κ1) is 30.5. The van der Waals surface area contributed by atoms with Crippen LogP contribution >= 0.6 is 11.6 Å². The number of Topliss-reactive ketones (excluding diaryl/α,β-unsaturated/α-hetero) is 1. The number of esters is 1. The van der Waals surface area contributed by atoms with Gasteiger partial charge in [-0.15, -0.1) is 0 Å². The number of aromatic amines is 1. The van der Waals surface area contributed by atoms with Gasteiger partial charge in [-0.2, -0.15) is 4.39 Å². The number of benzene rings is 1. The molecular formula is C29H29ClFN4O7+. The van der Waals surface area contributed by atoms with E-state index in [9.17, 15) is 28.7 Å². The van der Waals surface area contributed by atoms with Crippen LogP contribution in [0, 0.1) is 5.95 Å². The Bertz CT molecular complexity index is 1590. The maximum absolute atomic E-state index is 14.3. The van der Waals surface area contributed by atoms with Gasteiger partial charge in [0.05, 0.1) is 11.3 Å². The van der Waals surface area contributed by atoms with Gasteiger partial charge >= 0.3 is 12.1 Å². The zero-order valence-electron chi connectivity index (χ0n) is 23.3. The second-order valence-corrected chi connectivity index (χ2v) is 11.1. The third kappa shape index (κ3) is 6.89. The Morgan fingerprint density at radius 2 is 1.88 bits per heavy atom. The summed E-state index contributed by atoms with van der Waals surface area (Å²) in [4.78, 5) is 55.4. The zero-order chi connectivity index (χ0) is 30.8. The molecule has 0 spiro atoms. The highest BCUT2D eigenvalue weighted by atomic mass is 35.5. The Labute approximate surface area is 245 Å². The van der Waals surface area contributed by atoms with E-state index >= 15 is 0 Å². The largest absolute Gasteiger partial charge is 0.455 e. The number of rotatable bonds is 7. The van der Waals surface area contributed by atoms with Gasteiger partial charge in [0.15, 0.2) is 12.8 Å². The summed E-state index contributed by atoms with van der Waals surface area (Å²) in [6, 6.07) is 8.99. The summed E-state index contributed by atoms with van der Waals surface area (Å²) in [7, 11) is 0. The lowest BCUT2D eigenvalue weighted by Crippen LogP contribution is -2.40. The van der Waals surface area contributed by atoms with Gasteiger partial charge in [0, 0.05) is 35.1 Å². The van der Waals surface area contributed by atoms with Crippen LogP contribution in [0.1, 0.15) is 55.7 Å². The van der Waals surface area contributed by atoms with Crippen molar-refractivity contribution in [2.45, 2.75) is 51.7 Å². The molecule has 4 rings (SSSR count). The number of nitrogens with zero attached hydrogens (tertiary/aromatic N) is 1. The highest BCUT2D eigenvalue weighted by Gasteiger charge is 2.51. The molecule has 1 aliphatic carbocycles. The van der Waals surface area contributed by atoms with Crippen LogP contribution in [0.4, 0.5) is 20.7 Å². The number of hydrogen-bond donors (Lipinski definition) is 3. The number of hydrogen-bond acceptors (Lipinski definition) is 8. The highest BCUT2D eigenvalue weighted by Crippen LogP contribution is 2.38. The summed E-state index contributed by atoms with van der Waals surface area (Å²) in [5.41, 5.74) is -0.830. The summed E-state index contributed by atoms with van der Waals surface area (Å²) in [6.45, 7) is 5.62. The van der Waals surface area contributed by atoms with Crippen LogP contribution in [0.2, 0.25) is 5.02 Å². The number of pyridine rings is 2. The number of aliphatic hydroxyl groups is 1. The van der Waals surface area contributed by atoms with Crippen LogP contribution in [-0.2, 0) is 31.1 Å². The molecule has 220 valence electrons. The number of ketones is 1. The minimum Gasteiger partial charge on any atom is -0.455 e. The van der Waals surface area contributed by atoms with Crippen LogP contribution in [0.25, 0.3) is 11.1 Å². The predicted molar refractivity (Wildman–Crippen MR) is 149 cm³/mol. The average molecular weight is 600 g/mol. The average Bonchev–Trinajstić information content (AvgIpc) is 3.23. The Morgan fingerprint density at radius 3 is 2.55 bits per heavy atom. The quantitative estimate of drug-likeness (QED) is 0.207. The molecule has 2 amide bonds. The summed E-state index contributed by atoms with van der Waals surface area (Å²) in [6.07, 6.45) is 1.15. The molecule has 0 bridgehead atoms. The Morgan fingerprint density at radius 1 is 1.14 bits per heavy atom. The summed E-state index contributed by atoms with van der Waals surface area (Å²) in [5.74, 6) is -3.65. The lowest BCUT2D eigenvalue weighted by molar-refractivity contribution is -0.404. The van der Waals surface area contributed by atoms with Crippen LogP contribution in [0.5, 0.6) is 0 Å². The molecule has 42 heavy (non-hydrogen) atoms. The maximum Gasteiger partial charge on any atom is 0.412 e. The van der Waals surface area contributed by atoms with Gasteiger partial charge in [-0.1, -0.05) is 11.6 Å². The van der Waals surface area contributed by atoms with Crippen molar-refractivity contribution in [2.24, 2.45) is 0 Å². The van der Waals surface area contributed by atoms with Crippen molar-refractivity contribution in [1.29, 1.82) is 0 Å². The van der Waals surface area contributed by atoms with Gasteiger partial charge in [-0.3, -0.25) is 14.9 Å². The normalized spacial score (nSPS) is 15.9. The van der Waals surface area contributed by atoms with E-state index < -0.39 is 53.1 Å². The van der Waals surface area contributed by atoms with Gasteiger partial charge in [0.1, 0.15) is 11.4 Å². The second kappa shape index (κ2) is 11.8. The molecule has 1 aromatic carbocycles. The van der Waals surface area contributed by atoms with Gasteiger partial charge in [-0.05, 0) is 63.6 Å².